The standard InChI is InChI=1S/C14H12ClN3/c1-18-13(9-2-4-11(15)5-3-9)7-10-6-12(16)8-17-14(10)18/h2-8H,16H2,1H3. The van der Waals surface area contributed by atoms with Crippen molar-refractivity contribution in [1.29, 1.82) is 0 Å². The number of anilines is 1. The lowest BCUT2D eigenvalue weighted by molar-refractivity contribution is 0.957. The molecule has 18 heavy (non-hydrogen) atoms. The van der Waals surface area contributed by atoms with Gasteiger partial charge in [0.15, 0.2) is 0 Å². The van der Waals surface area contributed by atoms with Crippen molar-refractivity contribution >= 4 is 28.3 Å². The summed E-state index contributed by atoms with van der Waals surface area (Å²) in [5.41, 5.74) is 9.56. The van der Waals surface area contributed by atoms with E-state index in [1.807, 2.05) is 37.4 Å². The Labute approximate surface area is 110 Å². The molecule has 3 nitrogen and oxygen atoms in total. The predicted molar refractivity (Wildman–Crippen MR) is 75.6 cm³/mol. The first kappa shape index (κ1) is 11.1. The van der Waals surface area contributed by atoms with Crippen LogP contribution >= 0.6 is 11.6 Å². The summed E-state index contributed by atoms with van der Waals surface area (Å²) in [4.78, 5) is 4.36. The van der Waals surface area contributed by atoms with Crippen LogP contribution in [0.3, 0.4) is 0 Å². The van der Waals surface area contributed by atoms with E-state index in [9.17, 15) is 0 Å². The van der Waals surface area contributed by atoms with Gasteiger partial charge in [-0.1, -0.05) is 23.7 Å². The minimum atomic E-state index is 0.677. The molecule has 2 N–H and O–H groups in total. The van der Waals surface area contributed by atoms with Gasteiger partial charge in [0.2, 0.25) is 0 Å². The average molecular weight is 258 g/mol. The minimum Gasteiger partial charge on any atom is -0.397 e. The van der Waals surface area contributed by atoms with Gasteiger partial charge in [-0.15, -0.1) is 0 Å². The lowest BCUT2D eigenvalue weighted by Gasteiger charge is -2.03. The van der Waals surface area contributed by atoms with E-state index in [-0.39, 0.29) is 0 Å². The monoisotopic (exact) mass is 257 g/mol. The molecule has 0 aliphatic carbocycles. The number of pyridine rings is 1. The second-order valence-electron chi connectivity index (χ2n) is 4.28. The minimum absolute atomic E-state index is 0.677. The van der Waals surface area contributed by atoms with Crippen LogP contribution in [0.2, 0.25) is 5.02 Å². The van der Waals surface area contributed by atoms with E-state index in [4.69, 9.17) is 17.3 Å². The molecular formula is C14H12ClN3. The van der Waals surface area contributed by atoms with Crippen LogP contribution in [-0.4, -0.2) is 9.55 Å². The number of halogens is 1. The Morgan fingerprint density at radius 1 is 1.17 bits per heavy atom. The van der Waals surface area contributed by atoms with Crippen molar-refractivity contribution in [2.75, 3.05) is 5.73 Å². The van der Waals surface area contributed by atoms with Crippen LogP contribution in [-0.2, 0) is 7.05 Å². The van der Waals surface area contributed by atoms with E-state index in [2.05, 4.69) is 15.6 Å². The molecule has 0 atom stereocenters. The lowest BCUT2D eigenvalue weighted by atomic mass is 10.1. The molecule has 3 rings (SSSR count). The first-order chi connectivity index (χ1) is 8.65. The van der Waals surface area contributed by atoms with Gasteiger partial charge in [0.1, 0.15) is 5.65 Å². The highest BCUT2D eigenvalue weighted by Crippen LogP contribution is 2.27. The molecule has 1 aromatic carbocycles. The second-order valence-corrected chi connectivity index (χ2v) is 4.71. The maximum Gasteiger partial charge on any atom is 0.140 e. The van der Waals surface area contributed by atoms with Crippen LogP contribution in [0.4, 0.5) is 5.69 Å². The third kappa shape index (κ3) is 1.73. The molecule has 0 aliphatic rings. The highest BCUT2D eigenvalue weighted by atomic mass is 35.5. The molecule has 0 bridgehead atoms. The molecule has 0 saturated carbocycles. The van der Waals surface area contributed by atoms with Gasteiger partial charge < -0.3 is 10.3 Å². The van der Waals surface area contributed by atoms with Crippen molar-refractivity contribution < 1.29 is 0 Å². The number of rotatable bonds is 1. The Kier molecular flexibility index (Phi) is 2.49. The Morgan fingerprint density at radius 2 is 1.89 bits per heavy atom. The van der Waals surface area contributed by atoms with Crippen LogP contribution in [0.1, 0.15) is 0 Å². The number of nitrogen functional groups attached to an aromatic ring is 1. The molecule has 0 spiro atoms. The van der Waals surface area contributed by atoms with Gasteiger partial charge in [-0.3, -0.25) is 0 Å². The number of hydrogen-bond acceptors (Lipinski definition) is 2. The molecule has 3 aromatic rings. The fraction of sp³-hybridized carbons (Fsp3) is 0.0714. The highest BCUT2D eigenvalue weighted by molar-refractivity contribution is 6.30. The molecule has 0 aliphatic heterocycles. The molecule has 90 valence electrons. The van der Waals surface area contributed by atoms with Gasteiger partial charge in [0.05, 0.1) is 17.6 Å². The van der Waals surface area contributed by atoms with Gasteiger partial charge in [-0.05, 0) is 29.8 Å². The molecule has 2 aromatic heterocycles. The average Bonchev–Trinajstić information content (AvgIpc) is 2.67. The van der Waals surface area contributed by atoms with E-state index in [1.165, 1.54) is 0 Å². The maximum absolute atomic E-state index is 5.90. The molecule has 4 heteroatoms. The number of nitrogens with zero attached hydrogens (tertiary/aromatic N) is 2. The maximum atomic E-state index is 5.90. The molecule has 0 saturated heterocycles. The van der Waals surface area contributed by atoms with Crippen LogP contribution < -0.4 is 5.73 Å². The number of nitrogens with two attached hydrogens (primary N) is 1. The third-order valence-electron chi connectivity index (χ3n) is 3.03. The summed E-state index contributed by atoms with van der Waals surface area (Å²) in [6, 6.07) is 11.8. The molecule has 0 unspecified atom stereocenters. The quantitative estimate of drug-likeness (QED) is 0.725. The van der Waals surface area contributed by atoms with Crippen LogP contribution in [0.15, 0.2) is 42.6 Å². The second kappa shape index (κ2) is 4.03. The summed E-state index contributed by atoms with van der Waals surface area (Å²) >= 11 is 5.90. The molecular weight excluding hydrogens is 246 g/mol. The van der Waals surface area contributed by atoms with Crippen molar-refractivity contribution in [3.05, 3.63) is 47.6 Å². The first-order valence-corrected chi connectivity index (χ1v) is 6.00. The number of aromatic nitrogens is 2. The molecule has 0 radical (unpaired) electrons. The van der Waals surface area contributed by atoms with E-state index in [0.29, 0.717) is 5.69 Å². The lowest BCUT2D eigenvalue weighted by Crippen LogP contribution is -1.93. The van der Waals surface area contributed by atoms with Crippen LogP contribution in [0.25, 0.3) is 22.3 Å². The largest absolute Gasteiger partial charge is 0.397 e. The molecule has 2 heterocycles. The SMILES string of the molecule is Cn1c(-c2ccc(Cl)cc2)cc2cc(N)cnc21. The van der Waals surface area contributed by atoms with Crippen LogP contribution in [0.5, 0.6) is 0 Å². The Balaban J connectivity index is 2.23. The van der Waals surface area contributed by atoms with Gasteiger partial charge in [-0.2, -0.15) is 0 Å². The molecule has 0 amide bonds. The zero-order valence-electron chi connectivity index (χ0n) is 9.89. The van der Waals surface area contributed by atoms with Crippen molar-refractivity contribution in [2.24, 2.45) is 7.05 Å². The summed E-state index contributed by atoms with van der Waals surface area (Å²) in [5, 5.41) is 1.78. The van der Waals surface area contributed by atoms with Gasteiger partial charge in [0, 0.05) is 17.5 Å². The van der Waals surface area contributed by atoms with Crippen molar-refractivity contribution in [2.45, 2.75) is 0 Å². The summed E-state index contributed by atoms with van der Waals surface area (Å²) in [6.07, 6.45) is 1.67. The first-order valence-electron chi connectivity index (χ1n) is 5.62. The number of fused-ring (bicyclic) bond motifs is 1. The van der Waals surface area contributed by atoms with E-state index in [0.717, 1.165) is 27.3 Å². The van der Waals surface area contributed by atoms with E-state index in [1.54, 1.807) is 6.20 Å². The van der Waals surface area contributed by atoms with Crippen molar-refractivity contribution in [3.8, 4) is 11.3 Å². The zero-order valence-corrected chi connectivity index (χ0v) is 10.6. The van der Waals surface area contributed by atoms with Gasteiger partial charge in [-0.25, -0.2) is 4.98 Å². The highest BCUT2D eigenvalue weighted by Gasteiger charge is 2.08. The van der Waals surface area contributed by atoms with Crippen molar-refractivity contribution in [1.82, 2.24) is 9.55 Å². The third-order valence-corrected chi connectivity index (χ3v) is 3.28. The summed E-state index contributed by atoms with van der Waals surface area (Å²) in [7, 11) is 2.00. The van der Waals surface area contributed by atoms with Gasteiger partial charge in [0.25, 0.3) is 0 Å². The Hall–Kier alpha value is -2.00. The van der Waals surface area contributed by atoms with Gasteiger partial charge >= 0.3 is 0 Å². The number of benzene rings is 1. The predicted octanol–water partition coefficient (Wildman–Crippen LogP) is 3.48. The normalized spacial score (nSPS) is 11.0. The fourth-order valence-electron chi connectivity index (χ4n) is 2.13. The van der Waals surface area contributed by atoms with E-state index >= 15 is 0 Å². The smallest absolute Gasteiger partial charge is 0.140 e. The summed E-state index contributed by atoms with van der Waals surface area (Å²) < 4.78 is 2.05. The molecule has 0 fully saturated rings. The number of aryl methyl sites for hydroxylation is 1. The summed E-state index contributed by atoms with van der Waals surface area (Å²) in [6.45, 7) is 0. The zero-order chi connectivity index (χ0) is 12.7. The Morgan fingerprint density at radius 3 is 2.61 bits per heavy atom. The fourth-order valence-corrected chi connectivity index (χ4v) is 2.26. The Bertz CT molecular complexity index is 714. The van der Waals surface area contributed by atoms with Crippen LogP contribution in [0, 0.1) is 0 Å². The number of hydrogen-bond donors (Lipinski definition) is 1. The summed E-state index contributed by atoms with van der Waals surface area (Å²) in [5.74, 6) is 0. The van der Waals surface area contributed by atoms with Crippen molar-refractivity contribution in [3.63, 3.8) is 0 Å². The topological polar surface area (TPSA) is 43.8 Å². The van der Waals surface area contributed by atoms with E-state index < -0.39 is 0 Å².